The average Bonchev–Trinajstić information content (AvgIpc) is 2.69. The van der Waals surface area contributed by atoms with E-state index in [1.54, 1.807) is 6.07 Å². The number of nitrogens with one attached hydrogen (secondary N) is 1. The monoisotopic (exact) mass is 269 g/mol. The van der Waals surface area contributed by atoms with Crippen molar-refractivity contribution in [3.8, 4) is 0 Å². The molecule has 1 aliphatic heterocycles. The second-order valence-corrected chi connectivity index (χ2v) is 5.00. The Labute approximate surface area is 111 Å². The largest absolute Gasteiger partial charge is 0.464 e. The molecule has 0 bridgehead atoms. The summed E-state index contributed by atoms with van der Waals surface area (Å²) in [6.07, 6.45) is 0. The lowest BCUT2D eigenvalue weighted by Crippen LogP contribution is -2.31. The first-order chi connectivity index (χ1) is 8.56. The van der Waals surface area contributed by atoms with Crippen LogP contribution in [0.1, 0.15) is 13.8 Å². The van der Waals surface area contributed by atoms with Gasteiger partial charge in [0.25, 0.3) is 0 Å². The minimum Gasteiger partial charge on any atom is -0.464 e. The van der Waals surface area contributed by atoms with Crippen molar-refractivity contribution in [2.45, 2.75) is 13.8 Å². The van der Waals surface area contributed by atoms with Crippen molar-refractivity contribution in [2.75, 3.05) is 30.0 Å². The molecule has 2 rings (SSSR count). The van der Waals surface area contributed by atoms with Crippen molar-refractivity contribution in [3.63, 3.8) is 0 Å². The van der Waals surface area contributed by atoms with Crippen LogP contribution in [-0.2, 0) is 9.53 Å². The number of pyridine rings is 1. The van der Waals surface area contributed by atoms with Crippen molar-refractivity contribution in [3.05, 3.63) is 17.3 Å². The molecule has 0 spiro atoms. The molecular weight excluding hydrogens is 254 g/mol. The third kappa shape index (κ3) is 3.04. The van der Waals surface area contributed by atoms with Crippen molar-refractivity contribution in [1.82, 2.24) is 4.98 Å². The standard InChI is InChI=1S/C12H16ClN3O2/c1-8(2)6-18-11(17)5-16-7-14-9-3-4-10(13)15-12(9)16/h3-4,8,14H,5-7H2,1-2H3. The van der Waals surface area contributed by atoms with Gasteiger partial charge in [-0.1, -0.05) is 25.4 Å². The summed E-state index contributed by atoms with van der Waals surface area (Å²) in [4.78, 5) is 17.7. The van der Waals surface area contributed by atoms with Crippen LogP contribution in [0.25, 0.3) is 0 Å². The lowest BCUT2D eigenvalue weighted by Gasteiger charge is -2.16. The Kier molecular flexibility index (Phi) is 3.91. The highest BCUT2D eigenvalue weighted by Gasteiger charge is 2.23. The van der Waals surface area contributed by atoms with Gasteiger partial charge in [0, 0.05) is 0 Å². The van der Waals surface area contributed by atoms with Crippen molar-refractivity contribution in [1.29, 1.82) is 0 Å². The van der Waals surface area contributed by atoms with E-state index < -0.39 is 0 Å². The molecule has 6 heteroatoms. The molecule has 0 aromatic carbocycles. The maximum atomic E-state index is 11.6. The summed E-state index contributed by atoms with van der Waals surface area (Å²) in [6.45, 7) is 5.16. The number of hydrogen-bond acceptors (Lipinski definition) is 5. The zero-order chi connectivity index (χ0) is 13.1. The quantitative estimate of drug-likeness (QED) is 0.670. The molecule has 0 aliphatic carbocycles. The maximum Gasteiger partial charge on any atom is 0.325 e. The predicted molar refractivity (Wildman–Crippen MR) is 70.9 cm³/mol. The average molecular weight is 270 g/mol. The zero-order valence-electron chi connectivity index (χ0n) is 10.4. The second-order valence-electron chi connectivity index (χ2n) is 4.61. The van der Waals surface area contributed by atoms with Crippen LogP contribution in [0, 0.1) is 5.92 Å². The second kappa shape index (κ2) is 5.44. The Bertz CT molecular complexity index is 451. The fourth-order valence-corrected chi connectivity index (χ4v) is 1.79. The molecule has 1 N–H and O–H groups in total. The number of ether oxygens (including phenoxy) is 1. The first kappa shape index (κ1) is 13.0. The topological polar surface area (TPSA) is 54.5 Å². The number of nitrogens with zero attached hydrogens (tertiary/aromatic N) is 2. The molecule has 0 saturated carbocycles. The molecular formula is C12H16ClN3O2. The number of fused-ring (bicyclic) bond motifs is 1. The summed E-state index contributed by atoms with van der Waals surface area (Å²) in [5.74, 6) is 0.787. The van der Waals surface area contributed by atoms with Gasteiger partial charge < -0.3 is 15.0 Å². The van der Waals surface area contributed by atoms with Crippen molar-refractivity contribution in [2.24, 2.45) is 5.92 Å². The number of aromatic nitrogens is 1. The molecule has 1 aliphatic rings. The summed E-state index contributed by atoms with van der Waals surface area (Å²) in [7, 11) is 0. The van der Waals surface area contributed by atoms with Crippen LogP contribution >= 0.6 is 11.6 Å². The first-order valence-electron chi connectivity index (χ1n) is 5.87. The highest BCUT2D eigenvalue weighted by Crippen LogP contribution is 2.29. The van der Waals surface area contributed by atoms with Gasteiger partial charge in [0.1, 0.15) is 11.7 Å². The summed E-state index contributed by atoms with van der Waals surface area (Å²) in [5, 5.41) is 3.56. The highest BCUT2D eigenvalue weighted by atomic mass is 35.5. The number of hydrogen-bond donors (Lipinski definition) is 1. The van der Waals surface area contributed by atoms with Crippen molar-refractivity contribution >= 4 is 29.1 Å². The maximum absolute atomic E-state index is 11.6. The van der Waals surface area contributed by atoms with E-state index >= 15 is 0 Å². The van der Waals surface area contributed by atoms with Gasteiger partial charge in [0.05, 0.1) is 19.0 Å². The van der Waals surface area contributed by atoms with Gasteiger partial charge in [0.15, 0.2) is 5.82 Å². The molecule has 0 unspecified atom stereocenters. The van der Waals surface area contributed by atoms with Gasteiger partial charge in [-0.2, -0.15) is 0 Å². The SMILES string of the molecule is CC(C)COC(=O)CN1CNc2ccc(Cl)nc21. The van der Waals surface area contributed by atoms with Gasteiger partial charge in [0.2, 0.25) is 0 Å². The summed E-state index contributed by atoms with van der Waals surface area (Å²) in [5.41, 5.74) is 0.885. The summed E-state index contributed by atoms with van der Waals surface area (Å²) in [6, 6.07) is 3.57. The fraction of sp³-hybridized carbons (Fsp3) is 0.500. The van der Waals surface area contributed by atoms with E-state index in [4.69, 9.17) is 16.3 Å². The Morgan fingerprint density at radius 1 is 1.61 bits per heavy atom. The van der Waals surface area contributed by atoms with Gasteiger partial charge >= 0.3 is 5.97 Å². The molecule has 5 nitrogen and oxygen atoms in total. The van der Waals surface area contributed by atoms with E-state index in [2.05, 4.69) is 10.3 Å². The highest BCUT2D eigenvalue weighted by molar-refractivity contribution is 6.29. The third-order valence-electron chi connectivity index (χ3n) is 2.50. The van der Waals surface area contributed by atoms with Crippen LogP contribution in [0.4, 0.5) is 11.5 Å². The van der Waals surface area contributed by atoms with Gasteiger partial charge in [-0.05, 0) is 18.1 Å². The molecule has 0 radical (unpaired) electrons. The number of carbonyl (C=O) groups is 1. The molecule has 0 atom stereocenters. The van der Waals surface area contributed by atoms with Gasteiger partial charge in [-0.25, -0.2) is 4.98 Å². The van der Waals surface area contributed by atoms with Crippen LogP contribution in [0.5, 0.6) is 0 Å². The molecule has 0 fully saturated rings. The lowest BCUT2D eigenvalue weighted by molar-refractivity contribution is -0.143. The third-order valence-corrected chi connectivity index (χ3v) is 2.71. The van der Waals surface area contributed by atoms with Gasteiger partial charge in [-0.3, -0.25) is 4.79 Å². The van der Waals surface area contributed by atoms with Crippen molar-refractivity contribution < 1.29 is 9.53 Å². The fourth-order valence-electron chi connectivity index (χ4n) is 1.65. The van der Waals surface area contributed by atoms with E-state index in [1.807, 2.05) is 24.8 Å². The Morgan fingerprint density at radius 2 is 2.39 bits per heavy atom. The number of rotatable bonds is 4. The van der Waals surface area contributed by atoms with Crippen LogP contribution in [0.15, 0.2) is 12.1 Å². The van der Waals surface area contributed by atoms with E-state index in [-0.39, 0.29) is 12.5 Å². The molecule has 98 valence electrons. The van der Waals surface area contributed by atoms with E-state index in [1.165, 1.54) is 0 Å². The van der Waals surface area contributed by atoms with Crippen LogP contribution in [-0.4, -0.2) is 30.8 Å². The predicted octanol–water partition coefficient (Wildman–Crippen LogP) is 2.12. The normalized spacial score (nSPS) is 13.4. The minimum atomic E-state index is -0.250. The molecule has 0 amide bonds. The first-order valence-corrected chi connectivity index (χ1v) is 6.25. The number of halogens is 1. The van der Waals surface area contributed by atoms with E-state index in [0.29, 0.717) is 30.2 Å². The van der Waals surface area contributed by atoms with E-state index in [9.17, 15) is 4.79 Å². The molecule has 1 aromatic heterocycles. The summed E-state index contributed by atoms with van der Waals surface area (Å²) >= 11 is 5.85. The Balaban J connectivity index is 1.97. The molecule has 2 heterocycles. The zero-order valence-corrected chi connectivity index (χ0v) is 11.2. The molecule has 18 heavy (non-hydrogen) atoms. The Hall–Kier alpha value is -1.49. The van der Waals surface area contributed by atoms with Crippen LogP contribution in [0.2, 0.25) is 5.15 Å². The Morgan fingerprint density at radius 3 is 3.11 bits per heavy atom. The van der Waals surface area contributed by atoms with E-state index in [0.717, 1.165) is 5.69 Å². The lowest BCUT2D eigenvalue weighted by atomic mass is 10.2. The van der Waals surface area contributed by atoms with Crippen LogP contribution in [0.3, 0.4) is 0 Å². The minimum absolute atomic E-state index is 0.181. The molecule has 0 saturated heterocycles. The van der Waals surface area contributed by atoms with Crippen LogP contribution < -0.4 is 10.2 Å². The van der Waals surface area contributed by atoms with Gasteiger partial charge in [-0.15, -0.1) is 0 Å². The smallest absolute Gasteiger partial charge is 0.325 e. The number of anilines is 2. The number of esters is 1. The number of carbonyl (C=O) groups excluding carboxylic acids is 1. The summed E-state index contributed by atoms with van der Waals surface area (Å²) < 4.78 is 5.14. The molecule has 1 aromatic rings.